The van der Waals surface area contributed by atoms with Gasteiger partial charge in [-0.05, 0) is 38.8 Å². The van der Waals surface area contributed by atoms with E-state index in [1.165, 1.54) is 25.0 Å². The van der Waals surface area contributed by atoms with Crippen molar-refractivity contribution in [3.63, 3.8) is 0 Å². The van der Waals surface area contributed by atoms with Crippen LogP contribution in [0.4, 0.5) is 0 Å². The number of likely N-dealkylation sites (N-methyl/N-ethyl adjacent to an activating group) is 1. The van der Waals surface area contributed by atoms with Crippen molar-refractivity contribution in [1.29, 1.82) is 0 Å². The zero-order valence-electron chi connectivity index (χ0n) is 11.4. The van der Waals surface area contributed by atoms with Crippen molar-refractivity contribution in [1.82, 2.24) is 10.2 Å². The first kappa shape index (κ1) is 13.7. The van der Waals surface area contributed by atoms with E-state index in [1.807, 2.05) is 0 Å². The van der Waals surface area contributed by atoms with E-state index in [0.717, 1.165) is 25.0 Å². The van der Waals surface area contributed by atoms with Crippen molar-refractivity contribution in [3.05, 3.63) is 12.2 Å². The molecule has 0 aromatic carbocycles. The molecule has 0 aromatic heterocycles. The monoisotopic (exact) mass is 224 g/mol. The van der Waals surface area contributed by atoms with Gasteiger partial charge in [0.15, 0.2) is 0 Å². The summed E-state index contributed by atoms with van der Waals surface area (Å²) in [6.07, 6.45) is 2.75. The van der Waals surface area contributed by atoms with Crippen LogP contribution in [0.25, 0.3) is 0 Å². The fraction of sp³-hybridized carbons (Fsp3) is 0.857. The first-order valence-corrected chi connectivity index (χ1v) is 6.66. The molecule has 2 unspecified atom stereocenters. The van der Waals surface area contributed by atoms with Gasteiger partial charge in [-0.15, -0.1) is 0 Å². The van der Waals surface area contributed by atoms with Crippen molar-refractivity contribution in [2.75, 3.05) is 19.6 Å². The summed E-state index contributed by atoms with van der Waals surface area (Å²) < 4.78 is 0. The second-order valence-corrected chi connectivity index (χ2v) is 5.49. The van der Waals surface area contributed by atoms with Gasteiger partial charge in [0.1, 0.15) is 0 Å². The molecule has 0 bridgehead atoms. The summed E-state index contributed by atoms with van der Waals surface area (Å²) in [6, 6.07) is 1.39. The molecule has 0 spiro atoms. The molecule has 1 aliphatic carbocycles. The fourth-order valence-electron chi connectivity index (χ4n) is 2.47. The molecular formula is C14H28N2. The lowest BCUT2D eigenvalue weighted by molar-refractivity contribution is 0.0727. The van der Waals surface area contributed by atoms with E-state index in [-0.39, 0.29) is 0 Å². The van der Waals surface area contributed by atoms with Gasteiger partial charge in [-0.1, -0.05) is 32.9 Å². The Morgan fingerprint density at radius 1 is 1.44 bits per heavy atom. The summed E-state index contributed by atoms with van der Waals surface area (Å²) in [6.45, 7) is 16.2. The third kappa shape index (κ3) is 3.91. The zero-order valence-corrected chi connectivity index (χ0v) is 11.4. The molecule has 1 aliphatic rings. The highest BCUT2D eigenvalue weighted by atomic mass is 15.2. The van der Waals surface area contributed by atoms with Gasteiger partial charge in [0.05, 0.1) is 0 Å². The summed E-state index contributed by atoms with van der Waals surface area (Å²) in [5.41, 5.74) is 1.28. The van der Waals surface area contributed by atoms with E-state index < -0.39 is 0 Å². The quantitative estimate of drug-likeness (QED) is 0.669. The molecule has 0 aromatic rings. The number of hydrogen-bond donors (Lipinski definition) is 1. The predicted molar refractivity (Wildman–Crippen MR) is 71.7 cm³/mol. The van der Waals surface area contributed by atoms with E-state index in [9.17, 15) is 0 Å². The van der Waals surface area contributed by atoms with Crippen LogP contribution in [0.3, 0.4) is 0 Å². The average Bonchev–Trinajstić information content (AvgIpc) is 2.13. The molecule has 0 saturated heterocycles. The van der Waals surface area contributed by atoms with Crippen molar-refractivity contribution in [2.45, 2.75) is 52.6 Å². The molecule has 0 aliphatic heterocycles. The van der Waals surface area contributed by atoms with Crippen LogP contribution in [-0.2, 0) is 0 Å². The number of rotatable bonds is 7. The van der Waals surface area contributed by atoms with Crippen molar-refractivity contribution in [3.8, 4) is 0 Å². The molecule has 0 heterocycles. The summed E-state index contributed by atoms with van der Waals surface area (Å²) in [4.78, 5) is 2.58. The normalized spacial score (nSPS) is 24.9. The van der Waals surface area contributed by atoms with E-state index in [4.69, 9.17) is 0 Å². The Hall–Kier alpha value is -0.340. The van der Waals surface area contributed by atoms with Crippen LogP contribution in [0.5, 0.6) is 0 Å². The second kappa shape index (κ2) is 6.41. The van der Waals surface area contributed by atoms with Gasteiger partial charge in [-0.2, -0.15) is 0 Å². The Morgan fingerprint density at radius 3 is 2.50 bits per heavy atom. The lowest BCUT2D eigenvalue weighted by Gasteiger charge is -2.44. The lowest BCUT2D eigenvalue weighted by Crippen LogP contribution is -2.51. The Labute approximate surface area is 101 Å². The largest absolute Gasteiger partial charge is 0.314 e. The van der Waals surface area contributed by atoms with Crippen molar-refractivity contribution < 1.29 is 0 Å². The zero-order chi connectivity index (χ0) is 12.1. The van der Waals surface area contributed by atoms with Gasteiger partial charge in [0, 0.05) is 18.6 Å². The maximum Gasteiger partial charge on any atom is 0.0190 e. The second-order valence-electron chi connectivity index (χ2n) is 5.49. The van der Waals surface area contributed by atoms with Crippen molar-refractivity contribution in [2.24, 2.45) is 5.92 Å². The molecular weight excluding hydrogens is 196 g/mol. The first-order valence-electron chi connectivity index (χ1n) is 6.66. The van der Waals surface area contributed by atoms with Crippen LogP contribution in [0.1, 0.15) is 40.5 Å². The van der Waals surface area contributed by atoms with Gasteiger partial charge in [0.25, 0.3) is 0 Å². The minimum absolute atomic E-state index is 0.609. The topological polar surface area (TPSA) is 15.3 Å². The van der Waals surface area contributed by atoms with E-state index in [0.29, 0.717) is 6.04 Å². The third-order valence-electron chi connectivity index (χ3n) is 3.51. The standard InChI is InChI=1S/C14H28N2/c1-6-16(10-11(2)3)14-8-7-13(14)9-15-12(4)5/h12-15H,2,6-10H2,1,3-5H3. The number of nitrogens with zero attached hydrogens (tertiary/aromatic N) is 1. The molecule has 0 radical (unpaired) electrons. The van der Waals surface area contributed by atoms with E-state index >= 15 is 0 Å². The number of nitrogens with one attached hydrogen (secondary N) is 1. The maximum absolute atomic E-state index is 4.03. The van der Waals surface area contributed by atoms with Crippen LogP contribution in [0.15, 0.2) is 12.2 Å². The first-order chi connectivity index (χ1) is 7.54. The van der Waals surface area contributed by atoms with Crippen LogP contribution in [0, 0.1) is 5.92 Å². The van der Waals surface area contributed by atoms with Crippen LogP contribution < -0.4 is 5.32 Å². The highest BCUT2D eigenvalue weighted by molar-refractivity contribution is 4.97. The van der Waals surface area contributed by atoms with E-state index in [2.05, 4.69) is 44.5 Å². The molecule has 1 saturated carbocycles. The van der Waals surface area contributed by atoms with E-state index in [1.54, 1.807) is 0 Å². The number of hydrogen-bond acceptors (Lipinski definition) is 2. The summed E-state index contributed by atoms with van der Waals surface area (Å²) in [5, 5.41) is 3.56. The molecule has 2 atom stereocenters. The Morgan fingerprint density at radius 2 is 2.12 bits per heavy atom. The maximum atomic E-state index is 4.03. The third-order valence-corrected chi connectivity index (χ3v) is 3.51. The lowest BCUT2D eigenvalue weighted by atomic mass is 9.78. The Balaban J connectivity index is 2.37. The van der Waals surface area contributed by atoms with Crippen LogP contribution >= 0.6 is 0 Å². The SMILES string of the molecule is C=C(C)CN(CC)C1CCC1CNC(C)C. The highest BCUT2D eigenvalue weighted by Gasteiger charge is 2.34. The molecule has 1 rings (SSSR count). The van der Waals surface area contributed by atoms with Crippen molar-refractivity contribution >= 4 is 0 Å². The molecule has 94 valence electrons. The van der Waals surface area contributed by atoms with Gasteiger partial charge in [0.2, 0.25) is 0 Å². The minimum Gasteiger partial charge on any atom is -0.314 e. The predicted octanol–water partition coefficient (Wildman–Crippen LogP) is 2.66. The average molecular weight is 224 g/mol. The fourth-order valence-corrected chi connectivity index (χ4v) is 2.47. The molecule has 0 amide bonds. The molecule has 16 heavy (non-hydrogen) atoms. The van der Waals surface area contributed by atoms with Gasteiger partial charge >= 0.3 is 0 Å². The summed E-state index contributed by atoms with van der Waals surface area (Å²) in [5.74, 6) is 0.849. The summed E-state index contributed by atoms with van der Waals surface area (Å²) in [7, 11) is 0. The summed E-state index contributed by atoms with van der Waals surface area (Å²) >= 11 is 0. The smallest absolute Gasteiger partial charge is 0.0190 e. The van der Waals surface area contributed by atoms with Gasteiger partial charge < -0.3 is 5.32 Å². The highest BCUT2D eigenvalue weighted by Crippen LogP contribution is 2.32. The Kier molecular flexibility index (Phi) is 5.50. The van der Waals surface area contributed by atoms with Gasteiger partial charge in [-0.3, -0.25) is 4.90 Å². The molecule has 1 N–H and O–H groups in total. The molecule has 2 heteroatoms. The van der Waals surface area contributed by atoms with Crippen LogP contribution in [0.2, 0.25) is 0 Å². The molecule has 2 nitrogen and oxygen atoms in total. The van der Waals surface area contributed by atoms with Crippen LogP contribution in [-0.4, -0.2) is 36.6 Å². The Bertz CT molecular complexity index is 223. The molecule has 1 fully saturated rings. The van der Waals surface area contributed by atoms with Gasteiger partial charge in [-0.25, -0.2) is 0 Å². The minimum atomic E-state index is 0.609.